The second-order valence-corrected chi connectivity index (χ2v) is 10.7. The van der Waals surface area contributed by atoms with E-state index in [9.17, 15) is 15.3 Å². The van der Waals surface area contributed by atoms with Crippen LogP contribution >= 0.6 is 0 Å². The fraction of sp³-hybridized carbons (Fsp3) is 0.769. The molecule has 0 aliphatic heterocycles. The summed E-state index contributed by atoms with van der Waals surface area (Å²) in [5.74, 6) is 8.07. The highest BCUT2D eigenvalue weighted by Crippen LogP contribution is 2.59. The number of rotatable bonds is 3. The molecule has 5 unspecified atom stereocenters. The zero-order valence-electron chi connectivity index (χ0n) is 18.7. The number of aliphatic hydroxyl groups is 3. The van der Waals surface area contributed by atoms with Crippen molar-refractivity contribution in [2.45, 2.75) is 103 Å². The molecule has 3 N–H and O–H groups in total. The smallest absolute Gasteiger partial charge is 0.119 e. The Morgan fingerprint density at radius 2 is 1.86 bits per heavy atom. The van der Waals surface area contributed by atoms with Gasteiger partial charge in [0.2, 0.25) is 0 Å². The molecule has 162 valence electrons. The van der Waals surface area contributed by atoms with E-state index in [1.54, 1.807) is 19.4 Å². The zero-order chi connectivity index (χ0) is 21.2. The van der Waals surface area contributed by atoms with Gasteiger partial charge in [-0.2, -0.15) is 0 Å². The van der Waals surface area contributed by atoms with E-state index in [4.69, 9.17) is 0 Å². The fourth-order valence-corrected chi connectivity index (χ4v) is 6.32. The summed E-state index contributed by atoms with van der Waals surface area (Å²) >= 11 is 0. The number of hydrogen-bond acceptors (Lipinski definition) is 3. The Morgan fingerprint density at radius 3 is 2.52 bits per heavy atom. The second-order valence-electron chi connectivity index (χ2n) is 10.7. The molecule has 6 atom stereocenters. The van der Waals surface area contributed by atoms with Crippen LogP contribution in [-0.4, -0.2) is 33.1 Å². The summed E-state index contributed by atoms with van der Waals surface area (Å²) < 4.78 is 0. The third kappa shape index (κ3) is 5.54. The summed E-state index contributed by atoms with van der Waals surface area (Å²) in [5, 5.41) is 29.7. The van der Waals surface area contributed by atoms with E-state index in [-0.39, 0.29) is 0 Å². The lowest BCUT2D eigenvalue weighted by Gasteiger charge is -2.44. The molecule has 0 saturated heterocycles. The Labute approximate surface area is 177 Å². The normalized spacial score (nSPS) is 37.6. The van der Waals surface area contributed by atoms with Crippen molar-refractivity contribution >= 4 is 0 Å². The SMILES string of the molecule is CC(CC#CC(C)(C)O)C1CCC2C(=CC=C3CC(O)CC(O)C3)CCC[C@@]21C. The van der Waals surface area contributed by atoms with Gasteiger partial charge in [0.15, 0.2) is 0 Å². The van der Waals surface area contributed by atoms with Crippen LogP contribution in [0.5, 0.6) is 0 Å². The molecule has 3 aliphatic rings. The van der Waals surface area contributed by atoms with Crippen LogP contribution in [0.3, 0.4) is 0 Å². The number of aliphatic hydroxyl groups excluding tert-OH is 2. The standard InChI is InChI=1S/C26H40O3/c1-18(7-5-13-25(2,3)29)23-11-12-24-20(8-6-14-26(23,24)4)10-9-19-15-21(27)17-22(28)16-19/h9-10,18,21-24,27-29H,6-8,11-12,14-17H2,1-4H3/t18?,21?,22?,23?,24?,26-/m1/s1. The number of allylic oxidation sites excluding steroid dienone is 3. The van der Waals surface area contributed by atoms with Crippen LogP contribution in [-0.2, 0) is 0 Å². The largest absolute Gasteiger partial charge is 0.393 e. The summed E-state index contributed by atoms with van der Waals surface area (Å²) in [7, 11) is 0. The number of fused-ring (bicyclic) bond motifs is 1. The summed E-state index contributed by atoms with van der Waals surface area (Å²) in [6.07, 6.45) is 12.7. The average molecular weight is 401 g/mol. The summed E-state index contributed by atoms with van der Waals surface area (Å²) in [6, 6.07) is 0. The lowest BCUT2D eigenvalue weighted by molar-refractivity contribution is 0.0609. The van der Waals surface area contributed by atoms with E-state index in [1.807, 2.05) is 0 Å². The van der Waals surface area contributed by atoms with E-state index in [0.29, 0.717) is 42.4 Å². The van der Waals surface area contributed by atoms with Gasteiger partial charge < -0.3 is 15.3 Å². The van der Waals surface area contributed by atoms with Gasteiger partial charge in [-0.25, -0.2) is 0 Å². The van der Waals surface area contributed by atoms with Crippen LogP contribution in [0.2, 0.25) is 0 Å². The number of hydrogen-bond donors (Lipinski definition) is 3. The highest BCUT2D eigenvalue weighted by atomic mass is 16.3. The minimum atomic E-state index is -0.906. The first-order valence-corrected chi connectivity index (χ1v) is 11.6. The van der Waals surface area contributed by atoms with E-state index in [1.165, 1.54) is 37.7 Å². The monoisotopic (exact) mass is 400 g/mol. The van der Waals surface area contributed by atoms with Gasteiger partial charge in [-0.1, -0.05) is 43.1 Å². The van der Waals surface area contributed by atoms with Crippen molar-refractivity contribution in [2.75, 3.05) is 0 Å². The van der Waals surface area contributed by atoms with Gasteiger partial charge in [0.25, 0.3) is 0 Å². The first-order valence-electron chi connectivity index (χ1n) is 11.6. The third-order valence-electron chi connectivity index (χ3n) is 7.62. The lowest BCUT2D eigenvalue weighted by atomic mass is 9.61. The predicted octanol–water partition coefficient (Wildman–Crippen LogP) is 4.76. The molecular weight excluding hydrogens is 360 g/mol. The van der Waals surface area contributed by atoms with Crippen LogP contribution in [0.25, 0.3) is 0 Å². The average Bonchev–Trinajstić information content (AvgIpc) is 2.95. The minimum absolute atomic E-state index is 0.337. The Balaban J connectivity index is 1.71. The van der Waals surface area contributed by atoms with Crippen molar-refractivity contribution < 1.29 is 15.3 Å². The molecule has 0 aromatic rings. The third-order valence-corrected chi connectivity index (χ3v) is 7.62. The summed E-state index contributed by atoms with van der Waals surface area (Å²) in [6.45, 7) is 8.31. The molecule has 0 aromatic heterocycles. The van der Waals surface area contributed by atoms with E-state index in [0.717, 1.165) is 6.42 Å². The van der Waals surface area contributed by atoms with Crippen LogP contribution in [0.15, 0.2) is 23.3 Å². The van der Waals surface area contributed by atoms with E-state index in [2.05, 4.69) is 37.8 Å². The maximum atomic E-state index is 9.95. The maximum Gasteiger partial charge on any atom is 0.119 e. The summed E-state index contributed by atoms with van der Waals surface area (Å²) in [4.78, 5) is 0. The molecule has 0 bridgehead atoms. The van der Waals surface area contributed by atoms with Gasteiger partial charge in [0.05, 0.1) is 12.2 Å². The van der Waals surface area contributed by atoms with Crippen LogP contribution in [0.4, 0.5) is 0 Å². The molecule has 3 fully saturated rings. The first-order chi connectivity index (χ1) is 13.6. The van der Waals surface area contributed by atoms with Crippen LogP contribution in [0.1, 0.15) is 85.5 Å². The molecule has 0 radical (unpaired) electrons. The van der Waals surface area contributed by atoms with Gasteiger partial charge in [-0.05, 0) is 88.4 Å². The minimum Gasteiger partial charge on any atom is -0.393 e. The van der Waals surface area contributed by atoms with Crippen molar-refractivity contribution in [3.8, 4) is 11.8 Å². The second kappa shape index (κ2) is 8.96. The van der Waals surface area contributed by atoms with Gasteiger partial charge >= 0.3 is 0 Å². The van der Waals surface area contributed by atoms with Gasteiger partial charge in [-0.15, -0.1) is 5.92 Å². The van der Waals surface area contributed by atoms with Crippen LogP contribution < -0.4 is 0 Å². The van der Waals surface area contributed by atoms with E-state index >= 15 is 0 Å². The van der Waals surface area contributed by atoms with Crippen molar-refractivity contribution in [1.82, 2.24) is 0 Å². The van der Waals surface area contributed by atoms with Crippen molar-refractivity contribution in [1.29, 1.82) is 0 Å². The van der Waals surface area contributed by atoms with Crippen molar-refractivity contribution in [2.24, 2.45) is 23.2 Å². The molecule has 3 rings (SSSR count). The maximum absolute atomic E-state index is 9.95. The lowest BCUT2D eigenvalue weighted by Crippen LogP contribution is -2.36. The molecule has 0 amide bonds. The highest BCUT2D eigenvalue weighted by Gasteiger charge is 2.50. The van der Waals surface area contributed by atoms with Crippen molar-refractivity contribution in [3.05, 3.63) is 23.3 Å². The molecule has 0 heterocycles. The first kappa shape index (κ1) is 22.6. The van der Waals surface area contributed by atoms with E-state index < -0.39 is 17.8 Å². The molecule has 0 spiro atoms. The Morgan fingerprint density at radius 1 is 1.17 bits per heavy atom. The van der Waals surface area contributed by atoms with Crippen molar-refractivity contribution in [3.63, 3.8) is 0 Å². The topological polar surface area (TPSA) is 60.7 Å². The molecular formula is C26H40O3. The predicted molar refractivity (Wildman–Crippen MR) is 118 cm³/mol. The Kier molecular flexibility index (Phi) is 6.99. The molecule has 3 saturated carbocycles. The van der Waals surface area contributed by atoms with Gasteiger partial charge in [0, 0.05) is 6.42 Å². The zero-order valence-corrected chi connectivity index (χ0v) is 18.7. The Hall–Kier alpha value is -1.08. The molecule has 3 heteroatoms. The highest BCUT2D eigenvalue weighted by molar-refractivity contribution is 5.26. The fourth-order valence-electron chi connectivity index (χ4n) is 6.32. The molecule has 0 aromatic carbocycles. The van der Waals surface area contributed by atoms with Crippen LogP contribution in [0, 0.1) is 35.0 Å². The molecule has 3 aliphatic carbocycles. The molecule has 29 heavy (non-hydrogen) atoms. The Bertz CT molecular complexity index is 690. The summed E-state index contributed by atoms with van der Waals surface area (Å²) in [5.41, 5.74) is 2.18. The molecule has 3 nitrogen and oxygen atoms in total. The van der Waals surface area contributed by atoms with Gasteiger partial charge in [0.1, 0.15) is 5.60 Å². The quantitative estimate of drug-likeness (QED) is 0.599. The van der Waals surface area contributed by atoms with Gasteiger partial charge in [-0.3, -0.25) is 0 Å².